The van der Waals surface area contributed by atoms with Gasteiger partial charge in [0.2, 0.25) is 0 Å². The molecule has 7 nitrogen and oxygen atoms in total. The van der Waals surface area contributed by atoms with Crippen LogP contribution in [0.3, 0.4) is 0 Å². The van der Waals surface area contributed by atoms with Crippen molar-refractivity contribution in [3.63, 3.8) is 0 Å². The summed E-state index contributed by atoms with van der Waals surface area (Å²) in [6.07, 6.45) is 3.07. The van der Waals surface area contributed by atoms with Gasteiger partial charge in [0.15, 0.2) is 0 Å². The Morgan fingerprint density at radius 3 is 2.22 bits per heavy atom. The van der Waals surface area contributed by atoms with E-state index in [1.54, 1.807) is 19.2 Å². The molecule has 0 amide bonds. The number of hydrogen-bond donors (Lipinski definition) is 0. The van der Waals surface area contributed by atoms with Gasteiger partial charge in [-0.25, -0.2) is 0 Å². The van der Waals surface area contributed by atoms with E-state index in [4.69, 9.17) is 13.7 Å². The maximum absolute atomic E-state index is 12.5. The molecule has 0 saturated carbocycles. The molecule has 1 fully saturated rings. The first-order valence-electron chi connectivity index (χ1n) is 11.0. The van der Waals surface area contributed by atoms with E-state index in [2.05, 4.69) is 11.8 Å². The van der Waals surface area contributed by atoms with Gasteiger partial charge in [0.05, 0.1) is 19.6 Å². The summed E-state index contributed by atoms with van der Waals surface area (Å²) >= 11 is 0. The first-order valence-corrected chi connectivity index (χ1v) is 12.4. The Morgan fingerprint density at radius 2 is 1.62 bits per heavy atom. The summed E-state index contributed by atoms with van der Waals surface area (Å²) in [5.41, 5.74) is 1.16. The zero-order chi connectivity index (χ0) is 23.0. The van der Waals surface area contributed by atoms with Gasteiger partial charge >= 0.3 is 16.1 Å². The van der Waals surface area contributed by atoms with Crippen molar-refractivity contribution in [1.82, 2.24) is 4.90 Å². The Kier molecular flexibility index (Phi) is 8.53. The summed E-state index contributed by atoms with van der Waals surface area (Å²) in [6.45, 7) is 4.83. The largest absolute Gasteiger partial charge is 0.497 e. The zero-order valence-electron chi connectivity index (χ0n) is 18.7. The second-order valence-electron chi connectivity index (χ2n) is 7.93. The second kappa shape index (κ2) is 11.3. The minimum Gasteiger partial charge on any atom is -0.497 e. The number of piperidine rings is 1. The van der Waals surface area contributed by atoms with Crippen molar-refractivity contribution in [2.45, 2.75) is 44.0 Å². The molecule has 0 N–H and O–H groups in total. The minimum absolute atomic E-state index is 0.0503. The van der Waals surface area contributed by atoms with E-state index in [-0.39, 0.29) is 4.90 Å². The fraction of sp³-hybridized carbons (Fsp3) is 0.458. The van der Waals surface area contributed by atoms with Crippen LogP contribution >= 0.6 is 0 Å². The highest BCUT2D eigenvalue weighted by Crippen LogP contribution is 2.24. The van der Waals surface area contributed by atoms with E-state index < -0.39 is 22.0 Å². The molecule has 1 aliphatic rings. The third-order valence-corrected chi connectivity index (χ3v) is 6.79. The second-order valence-corrected chi connectivity index (χ2v) is 9.47. The lowest BCUT2D eigenvalue weighted by atomic mass is 9.97. The summed E-state index contributed by atoms with van der Waals surface area (Å²) in [5.74, 6) is 0.300. The molecule has 0 unspecified atom stereocenters. The topological polar surface area (TPSA) is 82.1 Å². The predicted octanol–water partition coefficient (Wildman–Crippen LogP) is 4.02. The standard InChI is InChI=1S/C24H31NO6S/c1-3-4-17-30-22-9-11-23(12-10-22)32(27,28)31-24(26)20-13-15-25(16-14-20)18-19-5-7-21(29-2)8-6-19/h5-12,20H,3-4,13-18H2,1-2H3. The Morgan fingerprint density at radius 1 is 1.00 bits per heavy atom. The lowest BCUT2D eigenvalue weighted by Gasteiger charge is -2.30. The number of hydrogen-bond acceptors (Lipinski definition) is 7. The number of likely N-dealkylation sites (tertiary alicyclic amines) is 1. The van der Waals surface area contributed by atoms with Crippen molar-refractivity contribution in [2.24, 2.45) is 5.92 Å². The van der Waals surface area contributed by atoms with Crippen LogP contribution in [-0.4, -0.2) is 46.1 Å². The van der Waals surface area contributed by atoms with Crippen LogP contribution in [0.15, 0.2) is 53.4 Å². The van der Waals surface area contributed by atoms with E-state index >= 15 is 0 Å². The number of carbonyl (C=O) groups excluding carboxylic acids is 1. The van der Waals surface area contributed by atoms with Crippen molar-refractivity contribution >= 4 is 16.1 Å². The van der Waals surface area contributed by atoms with E-state index in [0.717, 1.165) is 30.7 Å². The number of nitrogens with zero attached hydrogens (tertiary/aromatic N) is 1. The molecule has 1 heterocycles. The molecule has 1 saturated heterocycles. The van der Waals surface area contributed by atoms with Gasteiger partial charge in [-0.2, -0.15) is 8.42 Å². The van der Waals surface area contributed by atoms with Crippen LogP contribution in [0.25, 0.3) is 0 Å². The van der Waals surface area contributed by atoms with Gasteiger partial charge in [-0.1, -0.05) is 25.5 Å². The van der Waals surface area contributed by atoms with Gasteiger partial charge < -0.3 is 13.7 Å². The number of ether oxygens (including phenoxy) is 2. The van der Waals surface area contributed by atoms with Crippen LogP contribution in [0, 0.1) is 5.92 Å². The number of rotatable bonds is 10. The average Bonchev–Trinajstić information content (AvgIpc) is 2.80. The van der Waals surface area contributed by atoms with Crippen LogP contribution in [0.5, 0.6) is 11.5 Å². The Hall–Kier alpha value is -2.58. The van der Waals surface area contributed by atoms with Crippen molar-refractivity contribution in [3.8, 4) is 11.5 Å². The SMILES string of the molecule is CCCCOc1ccc(S(=O)(=O)OC(=O)C2CCN(Cc3ccc(OC)cc3)CC2)cc1. The number of benzene rings is 2. The van der Waals surface area contributed by atoms with Gasteiger partial charge in [-0.3, -0.25) is 9.69 Å². The molecule has 0 bridgehead atoms. The predicted molar refractivity (Wildman–Crippen MR) is 121 cm³/mol. The van der Waals surface area contributed by atoms with Crippen LogP contribution in [-0.2, 0) is 25.6 Å². The van der Waals surface area contributed by atoms with Gasteiger partial charge in [0, 0.05) is 6.54 Å². The number of carbonyl (C=O) groups is 1. The number of unbranched alkanes of at least 4 members (excludes halogenated alkanes) is 1. The lowest BCUT2D eigenvalue weighted by molar-refractivity contribution is -0.140. The molecule has 0 radical (unpaired) electrons. The number of methoxy groups -OCH3 is 1. The maximum Gasteiger partial charge on any atom is 0.341 e. The molecular weight excluding hydrogens is 430 g/mol. The molecule has 0 atom stereocenters. The maximum atomic E-state index is 12.5. The molecular formula is C24H31NO6S. The zero-order valence-corrected chi connectivity index (χ0v) is 19.5. The smallest absolute Gasteiger partial charge is 0.341 e. The summed E-state index contributed by atoms with van der Waals surface area (Å²) in [5, 5.41) is 0. The quantitative estimate of drug-likeness (QED) is 0.390. The highest BCUT2D eigenvalue weighted by molar-refractivity contribution is 7.87. The Labute approximate surface area is 190 Å². The van der Waals surface area contributed by atoms with E-state index in [1.807, 2.05) is 24.3 Å². The fourth-order valence-corrected chi connectivity index (χ4v) is 4.50. The van der Waals surface area contributed by atoms with Gasteiger partial charge in [-0.05, 0) is 74.3 Å². The van der Waals surface area contributed by atoms with E-state index in [0.29, 0.717) is 38.3 Å². The van der Waals surface area contributed by atoms with Crippen LogP contribution in [0.2, 0.25) is 0 Å². The lowest BCUT2D eigenvalue weighted by Crippen LogP contribution is -2.37. The van der Waals surface area contributed by atoms with Crippen LogP contribution < -0.4 is 9.47 Å². The monoisotopic (exact) mass is 461 g/mol. The van der Waals surface area contributed by atoms with E-state index in [1.165, 1.54) is 12.1 Å². The highest BCUT2D eigenvalue weighted by Gasteiger charge is 2.30. The normalized spacial score (nSPS) is 15.3. The van der Waals surface area contributed by atoms with Gasteiger partial charge in [0.25, 0.3) is 0 Å². The summed E-state index contributed by atoms with van der Waals surface area (Å²) in [6, 6.07) is 13.9. The highest BCUT2D eigenvalue weighted by atomic mass is 32.2. The summed E-state index contributed by atoms with van der Waals surface area (Å²) < 4.78 is 40.7. The van der Waals surface area contributed by atoms with Crippen LogP contribution in [0.1, 0.15) is 38.2 Å². The molecule has 0 aromatic heterocycles. The van der Waals surface area contributed by atoms with Crippen molar-refractivity contribution < 1.29 is 26.9 Å². The molecule has 32 heavy (non-hydrogen) atoms. The molecule has 0 spiro atoms. The van der Waals surface area contributed by atoms with Crippen molar-refractivity contribution in [3.05, 3.63) is 54.1 Å². The minimum atomic E-state index is -4.15. The molecule has 174 valence electrons. The van der Waals surface area contributed by atoms with Crippen molar-refractivity contribution in [1.29, 1.82) is 0 Å². The first kappa shape index (κ1) is 24.1. The molecule has 3 rings (SSSR count). The summed E-state index contributed by atoms with van der Waals surface area (Å²) in [7, 11) is -2.51. The van der Waals surface area contributed by atoms with Crippen molar-refractivity contribution in [2.75, 3.05) is 26.8 Å². The molecule has 1 aliphatic heterocycles. The fourth-order valence-electron chi connectivity index (χ4n) is 3.58. The van der Waals surface area contributed by atoms with E-state index in [9.17, 15) is 13.2 Å². The van der Waals surface area contributed by atoms with Gasteiger partial charge in [0.1, 0.15) is 16.4 Å². The van der Waals surface area contributed by atoms with Gasteiger partial charge in [-0.15, -0.1) is 0 Å². The third kappa shape index (κ3) is 6.71. The third-order valence-electron chi connectivity index (χ3n) is 5.56. The van der Waals surface area contributed by atoms with Crippen LogP contribution in [0.4, 0.5) is 0 Å². The Balaban J connectivity index is 1.49. The molecule has 8 heteroatoms. The molecule has 2 aromatic rings. The Bertz CT molecular complexity index is 965. The first-order chi connectivity index (χ1) is 15.4. The molecule has 0 aliphatic carbocycles. The average molecular weight is 462 g/mol. The summed E-state index contributed by atoms with van der Waals surface area (Å²) in [4.78, 5) is 14.7. The molecule has 2 aromatic carbocycles.